The fraction of sp³-hybridized carbons (Fsp3) is 0.250. The molecule has 0 atom stereocenters. The third-order valence-electron chi connectivity index (χ3n) is 5.28. The summed E-state index contributed by atoms with van der Waals surface area (Å²) in [5, 5.41) is 8.11. The average molecular weight is 450 g/mol. The minimum atomic E-state index is -0.195. The molecule has 0 unspecified atom stereocenters. The molecule has 0 saturated carbocycles. The molecule has 0 aliphatic rings. The van der Waals surface area contributed by atoms with Gasteiger partial charge in [-0.3, -0.25) is 14.2 Å². The van der Waals surface area contributed by atoms with Crippen molar-refractivity contribution in [3.63, 3.8) is 0 Å². The maximum absolute atomic E-state index is 13.1. The number of aromatic nitrogens is 4. The number of halogens is 1. The van der Waals surface area contributed by atoms with E-state index in [0.717, 1.165) is 16.9 Å². The van der Waals surface area contributed by atoms with E-state index in [4.69, 9.17) is 11.6 Å². The van der Waals surface area contributed by atoms with Gasteiger partial charge in [0.15, 0.2) is 5.65 Å². The zero-order valence-electron chi connectivity index (χ0n) is 18.0. The molecule has 8 heteroatoms. The first-order valence-corrected chi connectivity index (χ1v) is 10.9. The highest BCUT2D eigenvalue weighted by molar-refractivity contribution is 6.30. The summed E-state index contributed by atoms with van der Waals surface area (Å²) in [5.74, 6) is -0.147. The lowest BCUT2D eigenvalue weighted by atomic mass is 10.2. The molecule has 4 aromatic rings. The Morgan fingerprint density at radius 2 is 1.91 bits per heavy atom. The first-order chi connectivity index (χ1) is 15.5. The van der Waals surface area contributed by atoms with E-state index in [-0.39, 0.29) is 24.3 Å². The smallest absolute Gasteiger partial charge is 0.273 e. The molecule has 1 amide bonds. The first-order valence-electron chi connectivity index (χ1n) is 10.5. The SMILES string of the molecule is CCn1c(=O)c(CCC(=O)NCc2cccc(Cl)c2)nc2c(C)nn(-c3ccccc3)c21. The summed E-state index contributed by atoms with van der Waals surface area (Å²) in [6.45, 7) is 4.65. The van der Waals surface area contributed by atoms with Gasteiger partial charge in [-0.1, -0.05) is 41.9 Å². The third-order valence-corrected chi connectivity index (χ3v) is 5.52. The Bertz CT molecular complexity index is 1330. The fourth-order valence-corrected chi connectivity index (χ4v) is 3.90. The van der Waals surface area contributed by atoms with E-state index in [1.54, 1.807) is 15.3 Å². The van der Waals surface area contributed by atoms with Crippen molar-refractivity contribution in [2.24, 2.45) is 0 Å². The van der Waals surface area contributed by atoms with Crippen LogP contribution >= 0.6 is 11.6 Å². The van der Waals surface area contributed by atoms with Gasteiger partial charge in [0.25, 0.3) is 5.56 Å². The lowest BCUT2D eigenvalue weighted by Crippen LogP contribution is -2.28. The molecule has 1 N–H and O–H groups in total. The molecule has 32 heavy (non-hydrogen) atoms. The molecule has 0 radical (unpaired) electrons. The van der Waals surface area contributed by atoms with Gasteiger partial charge >= 0.3 is 0 Å². The summed E-state index contributed by atoms with van der Waals surface area (Å²) in [7, 11) is 0. The number of nitrogens with zero attached hydrogens (tertiary/aromatic N) is 4. The van der Waals surface area contributed by atoms with Crippen LogP contribution < -0.4 is 10.9 Å². The molecule has 4 rings (SSSR count). The van der Waals surface area contributed by atoms with Crippen LogP contribution in [0, 0.1) is 6.92 Å². The zero-order valence-corrected chi connectivity index (χ0v) is 18.8. The standard InChI is InChI=1S/C24H24ClN5O2/c1-3-29-23-22(16(2)28-30(23)19-10-5-4-6-11-19)27-20(24(29)32)12-13-21(31)26-15-17-8-7-9-18(25)14-17/h4-11,14H,3,12-13,15H2,1-2H3,(H,26,31). The summed E-state index contributed by atoms with van der Waals surface area (Å²) in [4.78, 5) is 30.1. The van der Waals surface area contributed by atoms with Crippen molar-refractivity contribution in [2.45, 2.75) is 39.8 Å². The van der Waals surface area contributed by atoms with Gasteiger partial charge in [-0.25, -0.2) is 9.67 Å². The quantitative estimate of drug-likeness (QED) is 0.465. The molecule has 0 spiro atoms. The summed E-state index contributed by atoms with van der Waals surface area (Å²) < 4.78 is 3.43. The zero-order chi connectivity index (χ0) is 22.7. The predicted molar refractivity (Wildman–Crippen MR) is 125 cm³/mol. The van der Waals surface area contributed by atoms with Crippen LogP contribution in [0.1, 0.15) is 30.3 Å². The number of carbonyl (C=O) groups excluding carboxylic acids is 1. The van der Waals surface area contributed by atoms with Gasteiger partial charge in [-0.15, -0.1) is 0 Å². The highest BCUT2D eigenvalue weighted by Crippen LogP contribution is 2.20. The monoisotopic (exact) mass is 449 g/mol. The van der Waals surface area contributed by atoms with Crippen molar-refractivity contribution >= 4 is 28.7 Å². The minimum Gasteiger partial charge on any atom is -0.352 e. The van der Waals surface area contributed by atoms with E-state index in [9.17, 15) is 9.59 Å². The number of benzene rings is 2. The fourth-order valence-electron chi connectivity index (χ4n) is 3.69. The molecule has 2 aromatic heterocycles. The van der Waals surface area contributed by atoms with Crippen LogP contribution in [0.4, 0.5) is 0 Å². The molecule has 0 aliphatic carbocycles. The number of amides is 1. The predicted octanol–water partition coefficient (Wildman–Crippen LogP) is 3.81. The summed E-state index contributed by atoms with van der Waals surface area (Å²) in [6.07, 6.45) is 0.427. The summed E-state index contributed by atoms with van der Waals surface area (Å²) in [6, 6.07) is 17.0. The Labute approximate surface area is 190 Å². The molecule has 0 aliphatic heterocycles. The van der Waals surface area contributed by atoms with E-state index >= 15 is 0 Å². The van der Waals surface area contributed by atoms with Gasteiger partial charge in [-0.2, -0.15) is 5.10 Å². The Kier molecular flexibility index (Phi) is 6.37. The maximum Gasteiger partial charge on any atom is 0.273 e. The maximum atomic E-state index is 13.1. The minimum absolute atomic E-state index is 0.147. The first kappa shape index (κ1) is 21.8. The van der Waals surface area contributed by atoms with E-state index in [1.165, 1.54) is 0 Å². The van der Waals surface area contributed by atoms with Gasteiger partial charge in [0.2, 0.25) is 5.91 Å². The van der Waals surface area contributed by atoms with Gasteiger partial charge in [0, 0.05) is 31.0 Å². The van der Waals surface area contributed by atoms with Crippen LogP contribution in [-0.2, 0) is 24.3 Å². The van der Waals surface area contributed by atoms with Crippen molar-refractivity contribution in [3.8, 4) is 5.69 Å². The Balaban J connectivity index is 1.57. The van der Waals surface area contributed by atoms with Crippen molar-refractivity contribution in [1.82, 2.24) is 24.6 Å². The molecule has 0 saturated heterocycles. The number of nitrogens with one attached hydrogen (secondary N) is 1. The molecule has 2 heterocycles. The van der Waals surface area contributed by atoms with Crippen LogP contribution in [0.3, 0.4) is 0 Å². The number of aryl methyl sites for hydroxylation is 3. The van der Waals surface area contributed by atoms with Crippen LogP contribution in [0.25, 0.3) is 16.9 Å². The highest BCUT2D eigenvalue weighted by Gasteiger charge is 2.19. The lowest BCUT2D eigenvalue weighted by molar-refractivity contribution is -0.121. The summed E-state index contributed by atoms with van der Waals surface area (Å²) in [5.41, 5.74) is 4.02. The summed E-state index contributed by atoms with van der Waals surface area (Å²) >= 11 is 5.98. The number of carbonyl (C=O) groups is 1. The molecule has 2 aromatic carbocycles. The molecule has 0 fully saturated rings. The van der Waals surface area contributed by atoms with Crippen molar-refractivity contribution in [3.05, 3.63) is 86.9 Å². The van der Waals surface area contributed by atoms with Gasteiger partial charge in [-0.05, 0) is 43.7 Å². The van der Waals surface area contributed by atoms with Crippen LogP contribution in [0.5, 0.6) is 0 Å². The van der Waals surface area contributed by atoms with Crippen LogP contribution in [0.2, 0.25) is 5.02 Å². The molecular formula is C24H24ClN5O2. The second kappa shape index (κ2) is 9.36. The van der Waals surface area contributed by atoms with Crippen LogP contribution in [-0.4, -0.2) is 25.2 Å². The van der Waals surface area contributed by atoms with E-state index < -0.39 is 0 Å². The second-order valence-corrected chi connectivity index (χ2v) is 7.96. The van der Waals surface area contributed by atoms with Crippen LogP contribution in [0.15, 0.2) is 59.4 Å². The van der Waals surface area contributed by atoms with Crippen molar-refractivity contribution < 1.29 is 4.79 Å². The number of hydrogen-bond acceptors (Lipinski definition) is 4. The van der Waals surface area contributed by atoms with E-state index in [0.29, 0.717) is 35.0 Å². The molecule has 164 valence electrons. The molecule has 7 nitrogen and oxygen atoms in total. The van der Waals surface area contributed by atoms with E-state index in [2.05, 4.69) is 15.4 Å². The molecule has 0 bridgehead atoms. The number of rotatable bonds is 7. The molecular weight excluding hydrogens is 426 g/mol. The van der Waals surface area contributed by atoms with Gasteiger partial charge in [0.05, 0.1) is 11.4 Å². The topological polar surface area (TPSA) is 81.8 Å². The number of fused-ring (bicyclic) bond motifs is 1. The number of hydrogen-bond donors (Lipinski definition) is 1. The highest BCUT2D eigenvalue weighted by atomic mass is 35.5. The van der Waals surface area contributed by atoms with Crippen molar-refractivity contribution in [1.29, 1.82) is 0 Å². The Morgan fingerprint density at radius 3 is 2.62 bits per heavy atom. The largest absolute Gasteiger partial charge is 0.352 e. The normalized spacial score (nSPS) is 11.1. The lowest BCUT2D eigenvalue weighted by Gasteiger charge is -2.11. The Hall–Kier alpha value is -3.45. The average Bonchev–Trinajstić information content (AvgIpc) is 3.13. The van der Waals surface area contributed by atoms with Gasteiger partial charge < -0.3 is 5.32 Å². The van der Waals surface area contributed by atoms with Gasteiger partial charge in [0.1, 0.15) is 11.2 Å². The second-order valence-electron chi connectivity index (χ2n) is 7.52. The van der Waals surface area contributed by atoms with Crippen molar-refractivity contribution in [2.75, 3.05) is 0 Å². The van der Waals surface area contributed by atoms with E-state index in [1.807, 2.05) is 62.4 Å². The third kappa shape index (κ3) is 4.43. The number of para-hydroxylation sites is 1. The Morgan fingerprint density at radius 1 is 1.12 bits per heavy atom.